The van der Waals surface area contributed by atoms with Crippen molar-refractivity contribution in [3.8, 4) is 11.1 Å². The van der Waals surface area contributed by atoms with Gasteiger partial charge in [-0.15, -0.1) is 0 Å². The molecule has 0 fully saturated rings. The van der Waals surface area contributed by atoms with Gasteiger partial charge in [-0.3, -0.25) is 0 Å². The van der Waals surface area contributed by atoms with Gasteiger partial charge in [0.25, 0.3) is 0 Å². The molecule has 5 rings (SSSR count). The molecule has 0 atom stereocenters. The van der Waals surface area contributed by atoms with Crippen molar-refractivity contribution in [2.45, 2.75) is 32.4 Å². The smallest absolute Gasteiger partial charge is 0.229 e. The number of aromatic nitrogens is 3. The van der Waals surface area contributed by atoms with Crippen LogP contribution in [0.3, 0.4) is 0 Å². The quantitative estimate of drug-likeness (QED) is 0.379. The zero-order valence-electron chi connectivity index (χ0n) is 19.5. The Morgan fingerprint density at radius 3 is 2.74 bits per heavy atom. The van der Waals surface area contributed by atoms with Crippen LogP contribution in [0, 0.1) is 0 Å². The summed E-state index contributed by atoms with van der Waals surface area (Å²) in [6, 6.07) is 13.8. The maximum absolute atomic E-state index is 10.4. The number of likely N-dealkylation sites (N-methyl/N-ethyl adjacent to an activating group) is 1. The first-order chi connectivity index (χ1) is 16.3. The fraction of sp³-hybridized carbons (Fsp3) is 0.269. The summed E-state index contributed by atoms with van der Waals surface area (Å²) < 4.78 is 5.27. The number of fused-ring (bicyclic) bond motifs is 1. The number of benzene rings is 1. The summed E-state index contributed by atoms with van der Waals surface area (Å²) in [6.45, 7) is 5.43. The van der Waals surface area contributed by atoms with Crippen LogP contribution in [-0.2, 0) is 18.6 Å². The highest BCUT2D eigenvalue weighted by molar-refractivity contribution is 5.77. The lowest BCUT2D eigenvalue weighted by Gasteiger charge is -2.25. The van der Waals surface area contributed by atoms with Crippen molar-refractivity contribution in [3.05, 3.63) is 78.0 Å². The van der Waals surface area contributed by atoms with Crippen LogP contribution in [0.2, 0.25) is 0 Å². The highest BCUT2D eigenvalue weighted by atomic mass is 16.3. The third-order valence-electron chi connectivity index (χ3n) is 5.91. The molecule has 0 bridgehead atoms. The Labute approximate surface area is 198 Å². The number of furan rings is 1. The van der Waals surface area contributed by atoms with Crippen molar-refractivity contribution in [3.63, 3.8) is 0 Å². The Balaban J connectivity index is 1.47. The second kappa shape index (κ2) is 8.89. The van der Waals surface area contributed by atoms with E-state index in [1.54, 1.807) is 38.6 Å². The Kier molecular flexibility index (Phi) is 5.77. The molecule has 0 saturated carbocycles. The fourth-order valence-corrected chi connectivity index (χ4v) is 4.04. The predicted molar refractivity (Wildman–Crippen MR) is 132 cm³/mol. The molecule has 1 aromatic carbocycles. The van der Waals surface area contributed by atoms with Gasteiger partial charge in [0.15, 0.2) is 0 Å². The summed E-state index contributed by atoms with van der Waals surface area (Å²) >= 11 is 0. The van der Waals surface area contributed by atoms with Crippen LogP contribution in [0.5, 0.6) is 0 Å². The SMILES string of the molecule is CN1CCc2ccc(Nc3ncc(-c4ccoc4)c(Nc4cccc(C(C)(C)O)n4)n3)cc2C1. The lowest BCUT2D eigenvalue weighted by Crippen LogP contribution is -2.26. The van der Waals surface area contributed by atoms with Crippen LogP contribution in [-0.4, -0.2) is 38.6 Å². The van der Waals surface area contributed by atoms with Gasteiger partial charge >= 0.3 is 0 Å². The van der Waals surface area contributed by atoms with E-state index in [1.165, 1.54) is 11.1 Å². The van der Waals surface area contributed by atoms with Gasteiger partial charge in [0, 0.05) is 36.1 Å². The Hall–Kier alpha value is -3.75. The van der Waals surface area contributed by atoms with Crippen molar-refractivity contribution in [2.24, 2.45) is 0 Å². The van der Waals surface area contributed by atoms with Gasteiger partial charge in [-0.05, 0) is 68.8 Å². The molecule has 4 heterocycles. The average molecular weight is 457 g/mol. The molecule has 1 aliphatic heterocycles. The molecule has 174 valence electrons. The predicted octanol–water partition coefficient (Wildman–Crippen LogP) is 4.83. The average Bonchev–Trinajstić information content (AvgIpc) is 3.33. The molecule has 1 aliphatic rings. The number of hydrogen-bond donors (Lipinski definition) is 3. The molecule has 34 heavy (non-hydrogen) atoms. The number of nitrogens with zero attached hydrogens (tertiary/aromatic N) is 4. The van der Waals surface area contributed by atoms with E-state index in [9.17, 15) is 5.11 Å². The van der Waals surface area contributed by atoms with Crippen molar-refractivity contribution < 1.29 is 9.52 Å². The van der Waals surface area contributed by atoms with Crippen LogP contribution in [0.4, 0.5) is 23.3 Å². The minimum Gasteiger partial charge on any atom is -0.472 e. The molecule has 0 amide bonds. The second-order valence-corrected chi connectivity index (χ2v) is 9.16. The van der Waals surface area contributed by atoms with Crippen LogP contribution in [0.25, 0.3) is 11.1 Å². The van der Waals surface area contributed by atoms with E-state index in [0.717, 1.165) is 36.3 Å². The number of hydrogen-bond acceptors (Lipinski definition) is 8. The Morgan fingerprint density at radius 2 is 1.94 bits per heavy atom. The third-order valence-corrected chi connectivity index (χ3v) is 5.91. The summed E-state index contributed by atoms with van der Waals surface area (Å²) in [7, 11) is 2.14. The van der Waals surface area contributed by atoms with Gasteiger partial charge in [-0.1, -0.05) is 12.1 Å². The first kappa shape index (κ1) is 22.1. The van der Waals surface area contributed by atoms with Gasteiger partial charge in [0.2, 0.25) is 5.95 Å². The highest BCUT2D eigenvalue weighted by Crippen LogP contribution is 2.31. The second-order valence-electron chi connectivity index (χ2n) is 9.16. The van der Waals surface area contributed by atoms with Crippen molar-refractivity contribution in [1.29, 1.82) is 0 Å². The summed E-state index contributed by atoms with van der Waals surface area (Å²) in [5.41, 5.74) is 4.79. The maximum Gasteiger partial charge on any atom is 0.229 e. The van der Waals surface area contributed by atoms with E-state index in [1.807, 2.05) is 18.2 Å². The van der Waals surface area contributed by atoms with Crippen LogP contribution < -0.4 is 10.6 Å². The number of nitrogens with one attached hydrogen (secondary N) is 2. The Bertz CT molecular complexity index is 1300. The maximum atomic E-state index is 10.4. The Morgan fingerprint density at radius 1 is 1.06 bits per heavy atom. The molecular weight excluding hydrogens is 428 g/mol. The van der Waals surface area contributed by atoms with Gasteiger partial charge in [0.1, 0.15) is 17.2 Å². The molecule has 8 heteroatoms. The van der Waals surface area contributed by atoms with Gasteiger partial charge < -0.3 is 25.1 Å². The van der Waals surface area contributed by atoms with E-state index < -0.39 is 5.60 Å². The van der Waals surface area contributed by atoms with Crippen LogP contribution in [0.15, 0.2) is 65.6 Å². The topological polar surface area (TPSA) is 99.3 Å². The molecular formula is C26H28N6O2. The lowest BCUT2D eigenvalue weighted by molar-refractivity contribution is 0.0740. The molecule has 0 unspecified atom stereocenters. The molecule has 3 aromatic heterocycles. The highest BCUT2D eigenvalue weighted by Gasteiger charge is 2.19. The zero-order valence-corrected chi connectivity index (χ0v) is 19.5. The number of pyridine rings is 1. The molecule has 8 nitrogen and oxygen atoms in total. The molecule has 0 saturated heterocycles. The summed E-state index contributed by atoms with van der Waals surface area (Å²) in [4.78, 5) is 16.2. The van der Waals surface area contributed by atoms with E-state index in [2.05, 4.69) is 50.7 Å². The number of anilines is 4. The molecule has 0 radical (unpaired) electrons. The monoisotopic (exact) mass is 456 g/mol. The van der Waals surface area contributed by atoms with Gasteiger partial charge in [0.05, 0.1) is 18.2 Å². The molecule has 3 N–H and O–H groups in total. The molecule has 4 aromatic rings. The lowest BCUT2D eigenvalue weighted by atomic mass is 9.99. The van der Waals surface area contributed by atoms with Gasteiger partial charge in [-0.2, -0.15) is 4.98 Å². The normalized spacial score (nSPS) is 14.0. The summed E-state index contributed by atoms with van der Waals surface area (Å²) in [6.07, 6.45) is 6.08. The van der Waals surface area contributed by atoms with Crippen molar-refractivity contribution >= 4 is 23.3 Å². The van der Waals surface area contributed by atoms with Gasteiger partial charge in [-0.25, -0.2) is 9.97 Å². The van der Waals surface area contributed by atoms with Crippen LogP contribution in [0.1, 0.15) is 30.7 Å². The standard InChI is InChI=1S/C26H28N6O2/c1-26(2,33)22-5-4-6-23(29-22)30-24-21(18-10-12-34-16-18)14-27-25(31-24)28-20-8-7-17-9-11-32(3)15-19(17)13-20/h4-8,10,12-14,16,33H,9,11,15H2,1-3H3,(H2,27,28,29,30,31). The van der Waals surface area contributed by atoms with E-state index in [0.29, 0.717) is 23.3 Å². The summed E-state index contributed by atoms with van der Waals surface area (Å²) in [5, 5.41) is 17.0. The minimum absolute atomic E-state index is 0.470. The molecule has 0 aliphatic carbocycles. The minimum atomic E-state index is -1.05. The van der Waals surface area contributed by atoms with E-state index in [4.69, 9.17) is 9.40 Å². The summed E-state index contributed by atoms with van der Waals surface area (Å²) in [5.74, 6) is 1.63. The zero-order chi connectivity index (χ0) is 23.7. The van der Waals surface area contributed by atoms with E-state index >= 15 is 0 Å². The largest absolute Gasteiger partial charge is 0.472 e. The van der Waals surface area contributed by atoms with Crippen LogP contribution >= 0.6 is 0 Å². The first-order valence-corrected chi connectivity index (χ1v) is 11.3. The molecule has 0 spiro atoms. The first-order valence-electron chi connectivity index (χ1n) is 11.3. The fourth-order valence-electron chi connectivity index (χ4n) is 4.04. The third kappa shape index (κ3) is 4.78. The number of aliphatic hydroxyl groups is 1. The van der Waals surface area contributed by atoms with Crippen molar-refractivity contribution in [1.82, 2.24) is 19.9 Å². The van der Waals surface area contributed by atoms with Crippen molar-refractivity contribution in [2.75, 3.05) is 24.2 Å². The number of rotatable bonds is 6. The van der Waals surface area contributed by atoms with E-state index in [-0.39, 0.29) is 0 Å².